The first-order chi connectivity index (χ1) is 10.2. The van der Waals surface area contributed by atoms with Gasteiger partial charge in [0.25, 0.3) is 0 Å². The molecule has 0 heterocycles. The van der Waals surface area contributed by atoms with Crippen molar-refractivity contribution in [2.45, 2.75) is 45.6 Å². The molecule has 0 aromatic heterocycles. The van der Waals surface area contributed by atoms with E-state index in [1.54, 1.807) is 58.0 Å². The summed E-state index contributed by atoms with van der Waals surface area (Å²) in [5.41, 5.74) is 4.41. The van der Waals surface area contributed by atoms with Gasteiger partial charge in [0, 0.05) is 5.56 Å². The molecule has 0 fully saturated rings. The lowest BCUT2D eigenvalue weighted by Gasteiger charge is -2.28. The molecule has 1 unspecified atom stereocenters. The van der Waals surface area contributed by atoms with Crippen molar-refractivity contribution in [1.29, 1.82) is 5.41 Å². The second-order valence-corrected chi connectivity index (χ2v) is 7.45. The molecule has 6 nitrogen and oxygen atoms in total. The van der Waals surface area contributed by atoms with Gasteiger partial charge in [0.1, 0.15) is 5.84 Å². The molecular weight excluding hydrogens is 303 g/mol. The fraction of sp³-hybridized carbons (Fsp3) is 0.467. The van der Waals surface area contributed by atoms with Crippen molar-refractivity contribution in [3.63, 3.8) is 0 Å². The van der Waals surface area contributed by atoms with Crippen molar-refractivity contribution in [3.8, 4) is 0 Å². The Morgan fingerprint density at radius 2 is 1.55 bits per heavy atom. The molecule has 1 aromatic carbocycles. The van der Waals surface area contributed by atoms with Crippen LogP contribution < -0.4 is 5.73 Å². The Labute approximate surface area is 131 Å². The van der Waals surface area contributed by atoms with Gasteiger partial charge in [-0.05, 0) is 27.7 Å². The molecule has 0 saturated carbocycles. The van der Waals surface area contributed by atoms with E-state index in [2.05, 4.69) is 0 Å². The highest BCUT2D eigenvalue weighted by molar-refractivity contribution is 7.57. The summed E-state index contributed by atoms with van der Waals surface area (Å²) in [6.45, 7) is 6.72. The zero-order chi connectivity index (χ0) is 16.9. The minimum Gasteiger partial charge on any atom is -0.386 e. The SMILES string of the molecule is CC(C)OP(=O)(OC(C)C)C(C(=N)N)C(=O)c1ccccc1. The molecule has 7 heteroatoms. The monoisotopic (exact) mass is 326 g/mol. The quantitative estimate of drug-likeness (QED) is 0.330. The zero-order valence-electron chi connectivity index (χ0n) is 13.3. The third-order valence-corrected chi connectivity index (χ3v) is 5.21. The number of hydrogen-bond donors (Lipinski definition) is 2. The molecule has 3 N–H and O–H groups in total. The standard InChI is InChI=1S/C15H23N2O4P/c1-10(2)20-22(19,21-11(3)4)14(15(16)17)13(18)12-8-6-5-7-9-12/h5-11,14H,1-4H3,(H3,16,17). The van der Waals surface area contributed by atoms with Crippen LogP contribution in [0.15, 0.2) is 30.3 Å². The zero-order valence-corrected chi connectivity index (χ0v) is 14.2. The fourth-order valence-corrected chi connectivity index (χ4v) is 4.20. The van der Waals surface area contributed by atoms with Gasteiger partial charge in [-0.2, -0.15) is 0 Å². The van der Waals surface area contributed by atoms with Crippen molar-refractivity contribution in [2.75, 3.05) is 0 Å². The average Bonchev–Trinajstić information content (AvgIpc) is 2.36. The van der Waals surface area contributed by atoms with E-state index in [0.29, 0.717) is 5.56 Å². The number of amidine groups is 1. The summed E-state index contributed by atoms with van der Waals surface area (Å²) < 4.78 is 23.9. The number of carbonyl (C=O) groups is 1. The van der Waals surface area contributed by atoms with Crippen LogP contribution in [-0.2, 0) is 13.6 Å². The molecule has 0 bridgehead atoms. The fourth-order valence-electron chi connectivity index (χ4n) is 1.95. The Bertz CT molecular complexity index is 558. The third kappa shape index (κ3) is 4.77. The first kappa shape index (κ1) is 18.6. The average molecular weight is 326 g/mol. The van der Waals surface area contributed by atoms with Crippen LogP contribution in [0.4, 0.5) is 0 Å². The number of nitrogens with two attached hydrogens (primary N) is 1. The first-order valence-corrected chi connectivity index (χ1v) is 8.68. The van der Waals surface area contributed by atoms with Crippen LogP contribution in [0.3, 0.4) is 0 Å². The Balaban J connectivity index is 3.27. The lowest BCUT2D eigenvalue weighted by molar-refractivity contribution is 0.0967. The van der Waals surface area contributed by atoms with Crippen LogP contribution in [0.1, 0.15) is 38.1 Å². The number of rotatable bonds is 8. The number of ketones is 1. The van der Waals surface area contributed by atoms with Gasteiger partial charge < -0.3 is 14.8 Å². The van der Waals surface area contributed by atoms with Crippen LogP contribution in [0.2, 0.25) is 0 Å². The maximum Gasteiger partial charge on any atom is 0.349 e. The van der Waals surface area contributed by atoms with Gasteiger partial charge in [-0.25, -0.2) is 0 Å². The lowest BCUT2D eigenvalue weighted by Crippen LogP contribution is -2.37. The molecule has 0 aliphatic rings. The van der Waals surface area contributed by atoms with E-state index in [1.165, 1.54) is 0 Å². The molecule has 0 radical (unpaired) electrons. The van der Waals surface area contributed by atoms with Gasteiger partial charge in [-0.15, -0.1) is 0 Å². The topological polar surface area (TPSA) is 102 Å². The second kappa shape index (κ2) is 7.68. The number of nitrogens with one attached hydrogen (secondary N) is 1. The highest BCUT2D eigenvalue weighted by Crippen LogP contribution is 2.55. The molecule has 122 valence electrons. The van der Waals surface area contributed by atoms with Crippen molar-refractivity contribution in [2.24, 2.45) is 5.73 Å². The molecule has 1 atom stereocenters. The van der Waals surface area contributed by atoms with E-state index in [1.807, 2.05) is 0 Å². The minimum atomic E-state index is -3.92. The summed E-state index contributed by atoms with van der Waals surface area (Å²) >= 11 is 0. The summed E-state index contributed by atoms with van der Waals surface area (Å²) in [5, 5.41) is 7.70. The van der Waals surface area contributed by atoms with Gasteiger partial charge >= 0.3 is 7.60 Å². The lowest BCUT2D eigenvalue weighted by atomic mass is 10.1. The van der Waals surface area contributed by atoms with E-state index in [0.717, 1.165) is 0 Å². The molecule has 0 amide bonds. The summed E-state index contributed by atoms with van der Waals surface area (Å²) in [5.74, 6) is -1.07. The Morgan fingerprint density at radius 3 is 1.91 bits per heavy atom. The van der Waals surface area contributed by atoms with E-state index in [4.69, 9.17) is 20.2 Å². The molecule has 1 aromatic rings. The van der Waals surface area contributed by atoms with Gasteiger partial charge in [-0.3, -0.25) is 14.8 Å². The van der Waals surface area contributed by atoms with Crippen LogP contribution in [-0.4, -0.2) is 29.5 Å². The molecule has 0 saturated heterocycles. The molecule has 0 aliphatic carbocycles. The number of carbonyl (C=O) groups excluding carboxylic acids is 1. The number of Topliss-reactive ketones (excluding diaryl/α,β-unsaturated/α-hetero) is 1. The van der Waals surface area contributed by atoms with E-state index < -0.39 is 37.1 Å². The van der Waals surface area contributed by atoms with Gasteiger partial charge in [0.2, 0.25) is 0 Å². The number of hydrogen-bond acceptors (Lipinski definition) is 5. The predicted octanol–water partition coefficient (Wildman–Crippen LogP) is 3.22. The maximum atomic E-state index is 13.1. The third-order valence-electron chi connectivity index (χ3n) is 2.63. The van der Waals surface area contributed by atoms with Crippen molar-refractivity contribution < 1.29 is 18.4 Å². The summed E-state index contributed by atoms with van der Waals surface area (Å²) in [6.07, 6.45) is -0.870. The molecule has 0 aliphatic heterocycles. The Kier molecular flexibility index (Phi) is 6.48. The van der Waals surface area contributed by atoms with Gasteiger partial charge in [-0.1, -0.05) is 30.3 Å². The summed E-state index contributed by atoms with van der Waals surface area (Å²) in [6, 6.07) is 8.28. The van der Waals surface area contributed by atoms with E-state index >= 15 is 0 Å². The molecular formula is C15H23N2O4P. The van der Waals surface area contributed by atoms with Crippen LogP contribution in [0, 0.1) is 5.41 Å². The molecule has 1 rings (SSSR count). The normalized spacial score (nSPS) is 13.4. The molecule has 22 heavy (non-hydrogen) atoms. The van der Waals surface area contributed by atoms with Crippen molar-refractivity contribution in [3.05, 3.63) is 35.9 Å². The van der Waals surface area contributed by atoms with Gasteiger partial charge in [0.05, 0.1) is 12.2 Å². The van der Waals surface area contributed by atoms with Crippen LogP contribution >= 0.6 is 7.60 Å². The van der Waals surface area contributed by atoms with E-state index in [9.17, 15) is 9.36 Å². The Morgan fingerprint density at radius 1 is 1.09 bits per heavy atom. The Hall–Kier alpha value is -1.49. The summed E-state index contributed by atoms with van der Waals surface area (Å²) in [4.78, 5) is 12.6. The van der Waals surface area contributed by atoms with Gasteiger partial charge in [0.15, 0.2) is 11.4 Å². The maximum absolute atomic E-state index is 13.1. The first-order valence-electron chi connectivity index (χ1n) is 7.07. The second-order valence-electron chi connectivity index (χ2n) is 5.44. The molecule has 0 spiro atoms. The highest BCUT2D eigenvalue weighted by Gasteiger charge is 2.45. The highest BCUT2D eigenvalue weighted by atomic mass is 31.2. The summed E-state index contributed by atoms with van der Waals surface area (Å²) in [7, 11) is -3.92. The van der Waals surface area contributed by atoms with Crippen molar-refractivity contribution in [1.82, 2.24) is 0 Å². The van der Waals surface area contributed by atoms with Crippen LogP contribution in [0.25, 0.3) is 0 Å². The smallest absolute Gasteiger partial charge is 0.349 e. The van der Waals surface area contributed by atoms with E-state index in [-0.39, 0.29) is 0 Å². The predicted molar refractivity (Wildman–Crippen MR) is 86.5 cm³/mol. The minimum absolute atomic E-state index is 0.308. The van der Waals surface area contributed by atoms with Crippen molar-refractivity contribution >= 4 is 19.2 Å². The number of benzene rings is 1. The largest absolute Gasteiger partial charge is 0.386 e. The van der Waals surface area contributed by atoms with Crippen LogP contribution in [0.5, 0.6) is 0 Å².